The normalized spacial score (nSPS) is 27.6. The van der Waals surface area contributed by atoms with E-state index in [4.69, 9.17) is 0 Å². The Kier molecular flexibility index (Phi) is 4.62. The van der Waals surface area contributed by atoms with E-state index in [1.807, 2.05) is 11.9 Å². The lowest BCUT2D eigenvalue weighted by Gasteiger charge is -2.36. The Morgan fingerprint density at radius 3 is 2.78 bits per heavy atom. The van der Waals surface area contributed by atoms with Gasteiger partial charge in [0.15, 0.2) is 0 Å². The van der Waals surface area contributed by atoms with E-state index in [9.17, 15) is 4.79 Å². The first-order valence-electron chi connectivity index (χ1n) is 7.22. The summed E-state index contributed by atoms with van der Waals surface area (Å²) in [5, 5.41) is 3.25. The third-order valence-electron chi connectivity index (χ3n) is 4.54. The van der Waals surface area contributed by atoms with Crippen molar-refractivity contribution >= 4 is 5.91 Å². The molecule has 4 nitrogen and oxygen atoms in total. The van der Waals surface area contributed by atoms with Crippen molar-refractivity contribution in [2.75, 3.05) is 46.8 Å². The summed E-state index contributed by atoms with van der Waals surface area (Å²) in [6.07, 6.45) is 2.53. The van der Waals surface area contributed by atoms with Crippen molar-refractivity contribution in [1.82, 2.24) is 15.1 Å². The quantitative estimate of drug-likeness (QED) is 0.799. The molecule has 0 radical (unpaired) electrons. The first-order valence-corrected chi connectivity index (χ1v) is 7.22. The van der Waals surface area contributed by atoms with E-state index < -0.39 is 0 Å². The van der Waals surface area contributed by atoms with Gasteiger partial charge in [0.25, 0.3) is 0 Å². The van der Waals surface area contributed by atoms with Crippen LogP contribution in [0.25, 0.3) is 0 Å². The van der Waals surface area contributed by atoms with Gasteiger partial charge in [-0.25, -0.2) is 0 Å². The molecule has 0 aromatic carbocycles. The minimum absolute atomic E-state index is 0.178. The lowest BCUT2D eigenvalue weighted by atomic mass is 9.87. The van der Waals surface area contributed by atoms with Crippen LogP contribution in [0.2, 0.25) is 0 Å². The molecule has 2 aliphatic rings. The van der Waals surface area contributed by atoms with Gasteiger partial charge in [-0.05, 0) is 51.4 Å². The van der Waals surface area contributed by atoms with Gasteiger partial charge in [0.2, 0.25) is 5.91 Å². The lowest BCUT2D eigenvalue weighted by Crippen LogP contribution is -2.50. The second-order valence-electron chi connectivity index (χ2n) is 6.20. The first-order chi connectivity index (χ1) is 8.58. The summed E-state index contributed by atoms with van der Waals surface area (Å²) in [5.41, 5.74) is 0. The maximum Gasteiger partial charge on any atom is 0.225 e. The highest BCUT2D eigenvalue weighted by Gasteiger charge is 2.31. The Morgan fingerprint density at radius 1 is 1.50 bits per heavy atom. The van der Waals surface area contributed by atoms with Crippen LogP contribution in [0.1, 0.15) is 19.8 Å². The molecule has 2 rings (SSSR count). The van der Waals surface area contributed by atoms with Crippen molar-refractivity contribution < 1.29 is 4.79 Å². The van der Waals surface area contributed by atoms with Crippen LogP contribution < -0.4 is 5.32 Å². The van der Waals surface area contributed by atoms with Crippen molar-refractivity contribution in [3.63, 3.8) is 0 Å². The van der Waals surface area contributed by atoms with Gasteiger partial charge in [-0.3, -0.25) is 4.79 Å². The average molecular weight is 253 g/mol. The van der Waals surface area contributed by atoms with Crippen LogP contribution in [0.3, 0.4) is 0 Å². The van der Waals surface area contributed by atoms with Crippen LogP contribution in [-0.4, -0.2) is 62.5 Å². The van der Waals surface area contributed by atoms with E-state index in [0.717, 1.165) is 26.2 Å². The molecule has 1 N–H and O–H groups in total. The minimum Gasteiger partial charge on any atom is -0.345 e. The number of hydrogen-bond donors (Lipinski definition) is 1. The predicted molar refractivity (Wildman–Crippen MR) is 73.4 cm³/mol. The maximum absolute atomic E-state index is 12.3. The highest BCUT2D eigenvalue weighted by atomic mass is 16.2. The van der Waals surface area contributed by atoms with Crippen LogP contribution in [0.15, 0.2) is 0 Å². The molecule has 0 saturated carbocycles. The van der Waals surface area contributed by atoms with Crippen molar-refractivity contribution in [3.8, 4) is 0 Å². The zero-order valence-electron chi connectivity index (χ0n) is 12.0. The summed E-state index contributed by atoms with van der Waals surface area (Å²) >= 11 is 0. The van der Waals surface area contributed by atoms with Gasteiger partial charge in [0.1, 0.15) is 0 Å². The molecule has 2 aliphatic heterocycles. The first kappa shape index (κ1) is 13.8. The molecule has 2 atom stereocenters. The molecule has 2 unspecified atom stereocenters. The van der Waals surface area contributed by atoms with E-state index in [2.05, 4.69) is 24.2 Å². The number of piperidine rings is 1. The van der Waals surface area contributed by atoms with Crippen LogP contribution >= 0.6 is 0 Å². The number of likely N-dealkylation sites (tertiary alicyclic amines) is 1. The summed E-state index contributed by atoms with van der Waals surface area (Å²) in [6.45, 7) is 7.36. The maximum atomic E-state index is 12.3. The Morgan fingerprint density at radius 2 is 2.22 bits per heavy atom. The monoisotopic (exact) mass is 253 g/mol. The number of amides is 1. The van der Waals surface area contributed by atoms with Crippen LogP contribution in [0, 0.1) is 17.8 Å². The zero-order chi connectivity index (χ0) is 13.1. The number of carbonyl (C=O) groups is 1. The van der Waals surface area contributed by atoms with Crippen molar-refractivity contribution in [2.24, 2.45) is 17.8 Å². The van der Waals surface area contributed by atoms with E-state index in [0.29, 0.717) is 17.7 Å². The molecular weight excluding hydrogens is 226 g/mol. The number of carbonyl (C=O) groups excluding carboxylic acids is 1. The van der Waals surface area contributed by atoms with Gasteiger partial charge in [-0.15, -0.1) is 0 Å². The molecule has 104 valence electrons. The molecule has 1 amide bonds. The topological polar surface area (TPSA) is 35.6 Å². The third kappa shape index (κ3) is 3.23. The van der Waals surface area contributed by atoms with E-state index in [-0.39, 0.29) is 5.92 Å². The number of nitrogens with zero attached hydrogens (tertiary/aromatic N) is 2. The molecule has 4 heteroatoms. The third-order valence-corrected chi connectivity index (χ3v) is 4.54. The van der Waals surface area contributed by atoms with Crippen LogP contribution in [0.4, 0.5) is 0 Å². The lowest BCUT2D eigenvalue weighted by molar-refractivity contribution is -0.136. The SMILES string of the molecule is CC(C(=O)N(C)CC1CCCN(C)C1)C1CNC1. The molecule has 2 fully saturated rings. The number of hydrogen-bond acceptors (Lipinski definition) is 3. The fraction of sp³-hybridized carbons (Fsp3) is 0.929. The minimum atomic E-state index is 0.178. The van der Waals surface area contributed by atoms with E-state index >= 15 is 0 Å². The Labute approximate surface area is 111 Å². The zero-order valence-corrected chi connectivity index (χ0v) is 12.0. The largest absolute Gasteiger partial charge is 0.345 e. The van der Waals surface area contributed by atoms with Gasteiger partial charge in [0, 0.05) is 26.1 Å². The Bertz CT molecular complexity index is 291. The van der Waals surface area contributed by atoms with E-state index in [1.165, 1.54) is 19.4 Å². The number of nitrogens with one attached hydrogen (secondary N) is 1. The summed E-state index contributed by atoms with van der Waals surface area (Å²) in [6, 6.07) is 0. The van der Waals surface area contributed by atoms with Gasteiger partial charge in [-0.1, -0.05) is 6.92 Å². The Balaban J connectivity index is 1.79. The highest BCUT2D eigenvalue weighted by Crippen LogP contribution is 2.20. The second kappa shape index (κ2) is 6.02. The fourth-order valence-electron chi connectivity index (χ4n) is 3.11. The molecule has 0 aliphatic carbocycles. The molecular formula is C14H27N3O. The van der Waals surface area contributed by atoms with Gasteiger partial charge in [-0.2, -0.15) is 0 Å². The standard InChI is InChI=1S/C14H27N3O/c1-11(13-7-15-8-13)14(18)17(3)10-12-5-4-6-16(2)9-12/h11-13,15H,4-10H2,1-3H3. The molecule has 2 heterocycles. The number of rotatable bonds is 4. The molecule has 0 spiro atoms. The highest BCUT2D eigenvalue weighted by molar-refractivity contribution is 5.78. The molecule has 0 bridgehead atoms. The van der Waals surface area contributed by atoms with Crippen molar-refractivity contribution in [1.29, 1.82) is 0 Å². The fourth-order valence-corrected chi connectivity index (χ4v) is 3.11. The summed E-state index contributed by atoms with van der Waals surface area (Å²) in [4.78, 5) is 16.7. The summed E-state index contributed by atoms with van der Waals surface area (Å²) < 4.78 is 0. The van der Waals surface area contributed by atoms with Gasteiger partial charge >= 0.3 is 0 Å². The second-order valence-corrected chi connectivity index (χ2v) is 6.20. The van der Waals surface area contributed by atoms with Crippen molar-refractivity contribution in [3.05, 3.63) is 0 Å². The van der Waals surface area contributed by atoms with Gasteiger partial charge < -0.3 is 15.1 Å². The van der Waals surface area contributed by atoms with Crippen LogP contribution in [0.5, 0.6) is 0 Å². The Hall–Kier alpha value is -0.610. The molecule has 18 heavy (non-hydrogen) atoms. The van der Waals surface area contributed by atoms with Gasteiger partial charge in [0.05, 0.1) is 0 Å². The summed E-state index contributed by atoms with van der Waals surface area (Å²) in [5.74, 6) is 1.71. The van der Waals surface area contributed by atoms with E-state index in [1.54, 1.807) is 0 Å². The predicted octanol–water partition coefficient (Wildman–Crippen LogP) is 0.642. The summed E-state index contributed by atoms with van der Waals surface area (Å²) in [7, 11) is 4.15. The molecule has 0 aromatic heterocycles. The molecule has 0 aromatic rings. The smallest absolute Gasteiger partial charge is 0.225 e. The average Bonchev–Trinajstić information content (AvgIpc) is 2.25. The van der Waals surface area contributed by atoms with Crippen LogP contribution in [-0.2, 0) is 4.79 Å². The van der Waals surface area contributed by atoms with Crippen molar-refractivity contribution in [2.45, 2.75) is 19.8 Å². The molecule has 2 saturated heterocycles.